The highest BCUT2D eigenvalue weighted by Gasteiger charge is 2.25. The molecule has 0 atom stereocenters. The number of ether oxygens (including phenoxy) is 1. The molecule has 1 aromatic carbocycles. The Morgan fingerprint density at radius 2 is 1.79 bits per heavy atom. The monoisotopic (exact) mass is 336 g/mol. The molecule has 0 aliphatic rings. The van der Waals surface area contributed by atoms with Gasteiger partial charge in [-0.15, -0.1) is 0 Å². The Kier molecular flexibility index (Phi) is 6.12. The molecule has 1 aromatic heterocycles. The van der Waals surface area contributed by atoms with Crippen LogP contribution in [0.1, 0.15) is 45.7 Å². The van der Waals surface area contributed by atoms with Gasteiger partial charge in [-0.25, -0.2) is 9.18 Å². The number of methoxy groups -OCH3 is 1. The smallest absolute Gasteiger partial charge is 0.333 e. The van der Waals surface area contributed by atoms with Crippen LogP contribution in [0.5, 0.6) is 5.75 Å². The van der Waals surface area contributed by atoms with Crippen LogP contribution in [0.15, 0.2) is 27.9 Å². The zero-order chi connectivity index (χ0) is 18.7. The predicted molar refractivity (Wildman–Crippen MR) is 94.0 cm³/mol. The van der Waals surface area contributed by atoms with E-state index in [1.54, 1.807) is 13.0 Å². The third-order valence-corrected chi connectivity index (χ3v) is 3.52. The van der Waals surface area contributed by atoms with Gasteiger partial charge in [-0.1, -0.05) is 34.6 Å². The second-order valence-electron chi connectivity index (χ2n) is 6.15. The summed E-state index contributed by atoms with van der Waals surface area (Å²) in [5.74, 6) is -0.0924. The molecule has 2 aromatic rings. The summed E-state index contributed by atoms with van der Waals surface area (Å²) in [7, 11) is 1.49. The number of aromatic amines is 1. The first kappa shape index (κ1) is 19.7. The molecule has 1 heterocycles. The first-order chi connectivity index (χ1) is 11.2. The molecule has 0 fully saturated rings. The van der Waals surface area contributed by atoms with Crippen LogP contribution in [-0.2, 0) is 5.41 Å². The Bertz CT molecular complexity index is 830. The number of rotatable bonds is 2. The second kappa shape index (κ2) is 7.47. The molecule has 132 valence electrons. The van der Waals surface area contributed by atoms with Gasteiger partial charge in [-0.3, -0.25) is 14.3 Å². The van der Waals surface area contributed by atoms with Crippen LogP contribution in [-0.4, -0.2) is 16.7 Å². The van der Waals surface area contributed by atoms with Gasteiger partial charge in [0.1, 0.15) is 5.75 Å². The third kappa shape index (κ3) is 3.75. The molecule has 5 nitrogen and oxygen atoms in total. The van der Waals surface area contributed by atoms with E-state index in [0.29, 0.717) is 11.3 Å². The van der Waals surface area contributed by atoms with Gasteiger partial charge in [-0.2, -0.15) is 0 Å². The molecule has 0 amide bonds. The Balaban J connectivity index is 0.00000139. The van der Waals surface area contributed by atoms with Crippen LogP contribution in [0.3, 0.4) is 0 Å². The summed E-state index contributed by atoms with van der Waals surface area (Å²) in [5, 5.41) is 0. The number of H-pyrrole nitrogens is 1. The van der Waals surface area contributed by atoms with Crippen LogP contribution in [0.2, 0.25) is 0 Å². The van der Waals surface area contributed by atoms with Crippen molar-refractivity contribution in [3.8, 4) is 11.4 Å². The van der Waals surface area contributed by atoms with E-state index in [-0.39, 0.29) is 11.1 Å². The molecule has 0 saturated heterocycles. The van der Waals surface area contributed by atoms with Crippen molar-refractivity contribution in [2.75, 3.05) is 7.11 Å². The van der Waals surface area contributed by atoms with Crippen LogP contribution >= 0.6 is 0 Å². The molecule has 0 unspecified atom stereocenters. The second-order valence-corrected chi connectivity index (χ2v) is 6.15. The number of halogens is 1. The van der Waals surface area contributed by atoms with Crippen molar-refractivity contribution in [2.24, 2.45) is 0 Å². The summed E-state index contributed by atoms with van der Waals surface area (Å²) in [6.07, 6.45) is 1.26. The summed E-state index contributed by atoms with van der Waals surface area (Å²) in [6, 6.07) is 2.76. The van der Waals surface area contributed by atoms with Crippen molar-refractivity contribution in [1.29, 1.82) is 0 Å². The van der Waals surface area contributed by atoms with Crippen molar-refractivity contribution in [3.05, 3.63) is 56.1 Å². The SMILES string of the molecule is CC.COc1c(C(C)(C)C)cc(-n2ccc(=O)[nH]c2=O)c(F)c1C. The van der Waals surface area contributed by atoms with Gasteiger partial charge >= 0.3 is 5.69 Å². The lowest BCUT2D eigenvalue weighted by molar-refractivity contribution is 0.389. The first-order valence-corrected chi connectivity index (χ1v) is 7.86. The molecular weight excluding hydrogens is 311 g/mol. The van der Waals surface area contributed by atoms with Crippen molar-refractivity contribution in [2.45, 2.75) is 47.0 Å². The van der Waals surface area contributed by atoms with E-state index in [4.69, 9.17) is 4.74 Å². The summed E-state index contributed by atoms with van der Waals surface area (Å²) in [4.78, 5) is 25.2. The molecule has 24 heavy (non-hydrogen) atoms. The number of aromatic nitrogens is 2. The van der Waals surface area contributed by atoms with E-state index in [1.807, 2.05) is 34.6 Å². The molecule has 0 aliphatic heterocycles. The zero-order valence-electron chi connectivity index (χ0n) is 15.3. The normalized spacial score (nSPS) is 10.8. The highest BCUT2D eigenvalue weighted by molar-refractivity contribution is 5.53. The maximum absolute atomic E-state index is 14.7. The van der Waals surface area contributed by atoms with Crippen LogP contribution in [0, 0.1) is 12.7 Å². The molecular formula is C18H25FN2O3. The quantitative estimate of drug-likeness (QED) is 0.915. The van der Waals surface area contributed by atoms with E-state index in [1.165, 1.54) is 19.4 Å². The molecule has 0 aliphatic carbocycles. The minimum absolute atomic E-state index is 0.0875. The Morgan fingerprint density at radius 3 is 2.25 bits per heavy atom. The van der Waals surface area contributed by atoms with Gasteiger partial charge in [0.25, 0.3) is 5.56 Å². The fourth-order valence-electron chi connectivity index (χ4n) is 2.36. The fourth-order valence-corrected chi connectivity index (χ4v) is 2.36. The van der Waals surface area contributed by atoms with E-state index < -0.39 is 17.1 Å². The van der Waals surface area contributed by atoms with Crippen molar-refractivity contribution >= 4 is 0 Å². The maximum atomic E-state index is 14.7. The highest BCUT2D eigenvalue weighted by Crippen LogP contribution is 2.37. The molecule has 0 radical (unpaired) electrons. The molecule has 1 N–H and O–H groups in total. The lowest BCUT2D eigenvalue weighted by Crippen LogP contribution is -2.28. The van der Waals surface area contributed by atoms with Crippen molar-refractivity contribution in [3.63, 3.8) is 0 Å². The topological polar surface area (TPSA) is 64.1 Å². The van der Waals surface area contributed by atoms with E-state index >= 15 is 0 Å². The van der Waals surface area contributed by atoms with E-state index in [2.05, 4.69) is 4.98 Å². The standard InChI is InChI=1S/C16H19FN2O3.C2H6/c1-9-13(17)11(19-7-6-12(20)18-15(19)21)8-10(14(9)22-5)16(2,3)4;1-2/h6-8H,1-5H3,(H,18,20,21);1-2H3. The van der Waals surface area contributed by atoms with Gasteiger partial charge in [0.15, 0.2) is 5.82 Å². The lowest BCUT2D eigenvalue weighted by Gasteiger charge is -2.25. The average Bonchev–Trinajstić information content (AvgIpc) is 2.51. The highest BCUT2D eigenvalue weighted by atomic mass is 19.1. The summed E-state index contributed by atoms with van der Waals surface area (Å²) in [5.41, 5.74) is -0.321. The number of hydrogen-bond acceptors (Lipinski definition) is 3. The predicted octanol–water partition coefficient (Wildman–Crippen LogP) is 3.31. The summed E-state index contributed by atoms with van der Waals surface area (Å²) in [6.45, 7) is 11.5. The van der Waals surface area contributed by atoms with E-state index in [9.17, 15) is 14.0 Å². The third-order valence-electron chi connectivity index (χ3n) is 3.52. The van der Waals surface area contributed by atoms with Gasteiger partial charge < -0.3 is 4.74 Å². The van der Waals surface area contributed by atoms with Crippen LogP contribution in [0.4, 0.5) is 4.39 Å². The Hall–Kier alpha value is -2.37. The zero-order valence-corrected chi connectivity index (χ0v) is 15.3. The van der Waals surface area contributed by atoms with Gasteiger partial charge in [0, 0.05) is 23.4 Å². The first-order valence-electron chi connectivity index (χ1n) is 7.86. The number of benzene rings is 1. The van der Waals surface area contributed by atoms with Crippen molar-refractivity contribution in [1.82, 2.24) is 9.55 Å². The molecule has 0 spiro atoms. The van der Waals surface area contributed by atoms with Crippen molar-refractivity contribution < 1.29 is 9.13 Å². The summed E-state index contributed by atoms with van der Waals surface area (Å²) >= 11 is 0. The lowest BCUT2D eigenvalue weighted by atomic mass is 9.84. The number of hydrogen-bond donors (Lipinski definition) is 1. The van der Waals surface area contributed by atoms with Gasteiger partial charge in [0.05, 0.1) is 12.8 Å². The number of nitrogens with one attached hydrogen (secondary N) is 1. The average molecular weight is 336 g/mol. The molecule has 2 rings (SSSR count). The molecule has 0 bridgehead atoms. The van der Waals surface area contributed by atoms with Gasteiger partial charge in [-0.05, 0) is 18.4 Å². The minimum atomic E-state index is -0.684. The van der Waals surface area contributed by atoms with Gasteiger partial charge in [0.2, 0.25) is 0 Å². The summed E-state index contributed by atoms with van der Waals surface area (Å²) < 4.78 is 21.1. The number of nitrogens with zero attached hydrogens (tertiary/aromatic N) is 1. The Morgan fingerprint density at radius 1 is 1.21 bits per heavy atom. The maximum Gasteiger partial charge on any atom is 0.333 e. The Labute approximate surface area is 141 Å². The molecule has 0 saturated carbocycles. The van der Waals surface area contributed by atoms with E-state index in [0.717, 1.165) is 10.1 Å². The largest absolute Gasteiger partial charge is 0.496 e. The van der Waals surface area contributed by atoms with Crippen LogP contribution < -0.4 is 16.0 Å². The minimum Gasteiger partial charge on any atom is -0.496 e. The molecule has 6 heteroatoms. The fraction of sp³-hybridized carbons (Fsp3) is 0.444. The van der Waals surface area contributed by atoms with Crippen LogP contribution in [0.25, 0.3) is 5.69 Å².